The first-order valence-electron chi connectivity index (χ1n) is 14.8. The molecule has 0 aliphatic carbocycles. The lowest BCUT2D eigenvalue weighted by atomic mass is 9.77. The van der Waals surface area contributed by atoms with Crippen LogP contribution >= 0.6 is 0 Å². The van der Waals surface area contributed by atoms with Crippen LogP contribution in [-0.2, 0) is 19.8 Å². The zero-order valence-corrected chi connectivity index (χ0v) is 24.4. The largest absolute Gasteiger partial charge is 0.462 e. The van der Waals surface area contributed by atoms with Gasteiger partial charge in [0, 0.05) is 28.8 Å². The zero-order chi connectivity index (χ0) is 33.2. The van der Waals surface area contributed by atoms with E-state index in [2.05, 4.69) is 0 Å². The molecule has 2 fully saturated rings. The van der Waals surface area contributed by atoms with Crippen LogP contribution in [0.3, 0.4) is 0 Å². The fraction of sp³-hybridized carbons (Fsp3) is 0.406. The van der Waals surface area contributed by atoms with Crippen LogP contribution in [0.5, 0.6) is 23.0 Å². The molecule has 15 heteroatoms. The number of hydrogen-bond donors (Lipinski definition) is 8. The highest BCUT2D eigenvalue weighted by molar-refractivity contribution is 5.97. The Morgan fingerprint density at radius 2 is 1.11 bits per heavy atom. The molecule has 0 aromatic heterocycles. The molecule has 0 amide bonds. The number of carbonyl (C=O) groups excluding carboxylic acids is 1. The predicted octanol–water partition coefficient (Wildman–Crippen LogP) is -1.39. The highest BCUT2D eigenvalue weighted by Gasteiger charge is 2.54. The Kier molecular flexibility index (Phi) is 8.08. The summed E-state index contributed by atoms with van der Waals surface area (Å²) in [5, 5.41) is 80.7. The second kappa shape index (κ2) is 12.0. The van der Waals surface area contributed by atoms with E-state index in [1.165, 1.54) is 24.3 Å². The first-order valence-corrected chi connectivity index (χ1v) is 14.8. The van der Waals surface area contributed by atoms with Crippen molar-refractivity contribution >= 4 is 5.97 Å². The van der Waals surface area contributed by atoms with Crippen molar-refractivity contribution in [1.29, 1.82) is 0 Å². The summed E-state index contributed by atoms with van der Waals surface area (Å²) in [6.07, 6.45) is -15.1. The Morgan fingerprint density at radius 3 is 1.60 bits per heavy atom. The Labute approximate surface area is 266 Å². The minimum absolute atomic E-state index is 0.0954. The summed E-state index contributed by atoms with van der Waals surface area (Å²) in [6.45, 7) is -1.29. The van der Waals surface area contributed by atoms with Crippen molar-refractivity contribution in [3.8, 4) is 23.0 Å². The molecular weight excluding hydrogens is 624 g/mol. The smallest absolute Gasteiger partial charge is 0.340 e. The van der Waals surface area contributed by atoms with Gasteiger partial charge in [-0.25, -0.2) is 4.79 Å². The number of aliphatic hydroxyl groups excluding tert-OH is 8. The Balaban J connectivity index is 1.26. The van der Waals surface area contributed by atoms with E-state index in [1.807, 2.05) is 0 Å². The molecule has 0 saturated carbocycles. The van der Waals surface area contributed by atoms with Crippen LogP contribution in [0, 0.1) is 0 Å². The Bertz CT molecular complexity index is 1570. The van der Waals surface area contributed by atoms with Crippen molar-refractivity contribution in [1.82, 2.24) is 0 Å². The van der Waals surface area contributed by atoms with Crippen LogP contribution in [0.15, 0.2) is 60.7 Å². The van der Waals surface area contributed by atoms with Crippen molar-refractivity contribution in [2.24, 2.45) is 0 Å². The van der Waals surface area contributed by atoms with Crippen LogP contribution in [0.1, 0.15) is 27.0 Å². The van der Waals surface area contributed by atoms with Gasteiger partial charge in [0.2, 0.25) is 12.6 Å². The van der Waals surface area contributed by atoms with Crippen molar-refractivity contribution in [2.45, 2.75) is 67.0 Å². The quantitative estimate of drug-likeness (QED) is 0.143. The van der Waals surface area contributed by atoms with E-state index < -0.39 is 86.2 Å². The number of aliphatic hydroxyl groups is 8. The fourth-order valence-electron chi connectivity index (χ4n) is 6.38. The van der Waals surface area contributed by atoms with Gasteiger partial charge in [-0.1, -0.05) is 18.2 Å². The van der Waals surface area contributed by atoms with Crippen LogP contribution < -0.4 is 14.2 Å². The monoisotopic (exact) mass is 656 g/mol. The van der Waals surface area contributed by atoms with Crippen molar-refractivity contribution in [2.75, 3.05) is 13.2 Å². The van der Waals surface area contributed by atoms with Crippen LogP contribution in [-0.4, -0.2) is 121 Å². The molecule has 3 aromatic rings. The molecule has 4 aliphatic rings. The summed E-state index contributed by atoms with van der Waals surface area (Å²) in [5.41, 5.74) is 0.217. The van der Waals surface area contributed by atoms with Gasteiger partial charge >= 0.3 is 5.97 Å². The number of hydrogen-bond acceptors (Lipinski definition) is 15. The molecule has 3 aromatic carbocycles. The minimum Gasteiger partial charge on any atom is -0.462 e. The highest BCUT2D eigenvalue weighted by Crippen LogP contribution is 2.57. The second-order valence-electron chi connectivity index (χ2n) is 11.7. The van der Waals surface area contributed by atoms with E-state index >= 15 is 0 Å². The third-order valence-electron chi connectivity index (χ3n) is 8.86. The predicted molar refractivity (Wildman–Crippen MR) is 153 cm³/mol. The van der Waals surface area contributed by atoms with E-state index in [0.29, 0.717) is 22.3 Å². The minimum atomic E-state index is -1.67. The van der Waals surface area contributed by atoms with Gasteiger partial charge in [0.1, 0.15) is 71.8 Å². The molecule has 10 atom stereocenters. The van der Waals surface area contributed by atoms with Gasteiger partial charge in [-0.2, -0.15) is 0 Å². The van der Waals surface area contributed by atoms with E-state index in [4.69, 9.17) is 28.4 Å². The molecule has 2 saturated heterocycles. The number of benzene rings is 3. The number of fused-ring (bicyclic) bond motifs is 6. The number of esters is 1. The van der Waals surface area contributed by atoms with Crippen molar-refractivity contribution < 1.29 is 74.1 Å². The standard InChI is InChI=1S/C32H32O15/c33-11-21-23(35)25(37)27(39)30(45-21)42-13-5-7-17-19(9-13)44-20-10-14(43-31-28(40)26(38)24(36)22(12-34)46-31)6-8-18(20)32(17)16-4-2-1-3-15(16)29(41)47-32/h1-10,21-28,30-31,33-40H,11-12H2. The van der Waals surface area contributed by atoms with Gasteiger partial charge in [0.05, 0.1) is 18.8 Å². The first-order chi connectivity index (χ1) is 22.6. The van der Waals surface area contributed by atoms with Gasteiger partial charge in [-0.3, -0.25) is 0 Å². The summed E-state index contributed by atoms with van der Waals surface area (Å²) in [5.74, 6) is -0.0677. The molecule has 47 heavy (non-hydrogen) atoms. The Morgan fingerprint density at radius 1 is 0.617 bits per heavy atom. The molecule has 10 unspecified atom stereocenters. The Hall–Kier alpha value is -3.87. The first kappa shape index (κ1) is 31.7. The maximum Gasteiger partial charge on any atom is 0.340 e. The zero-order valence-electron chi connectivity index (χ0n) is 24.4. The summed E-state index contributed by atoms with van der Waals surface area (Å²) in [4.78, 5) is 13.2. The average Bonchev–Trinajstić information content (AvgIpc) is 3.37. The third-order valence-corrected chi connectivity index (χ3v) is 8.86. The maximum atomic E-state index is 13.2. The van der Waals surface area contributed by atoms with Gasteiger partial charge in [0.15, 0.2) is 5.60 Å². The molecule has 1 spiro atoms. The molecule has 8 N–H and O–H groups in total. The number of ether oxygens (including phenoxy) is 6. The number of carbonyl (C=O) groups is 1. The van der Waals surface area contributed by atoms with Crippen molar-refractivity contribution in [3.05, 3.63) is 82.9 Å². The third kappa shape index (κ3) is 5.03. The molecular formula is C32H32O15. The highest BCUT2D eigenvalue weighted by atomic mass is 16.7. The van der Waals surface area contributed by atoms with E-state index in [0.717, 1.165) is 0 Å². The van der Waals surface area contributed by atoms with E-state index in [-0.39, 0.29) is 23.0 Å². The van der Waals surface area contributed by atoms with Crippen LogP contribution in [0.4, 0.5) is 0 Å². The van der Waals surface area contributed by atoms with Crippen LogP contribution in [0.25, 0.3) is 0 Å². The average molecular weight is 657 g/mol. The van der Waals surface area contributed by atoms with Gasteiger partial charge in [-0.15, -0.1) is 0 Å². The second-order valence-corrected chi connectivity index (χ2v) is 11.7. The summed E-state index contributed by atoms with van der Waals surface area (Å²) in [6, 6.07) is 16.0. The van der Waals surface area contributed by atoms with Gasteiger partial charge in [-0.05, 0) is 30.3 Å². The SMILES string of the molecule is O=C1OC2(c3ccc(OC4OC(CO)C(O)C(O)C4O)cc3Oc3cc(OC4OC(CO)C(O)C(O)C4O)ccc32)c2ccccc21. The normalized spacial score (nSPS) is 35.7. The van der Waals surface area contributed by atoms with E-state index in [9.17, 15) is 45.6 Å². The van der Waals surface area contributed by atoms with Gasteiger partial charge in [0.25, 0.3) is 0 Å². The maximum absolute atomic E-state index is 13.2. The molecule has 4 aliphatic heterocycles. The van der Waals surface area contributed by atoms with Crippen molar-refractivity contribution in [3.63, 3.8) is 0 Å². The van der Waals surface area contributed by atoms with Crippen LogP contribution in [0.2, 0.25) is 0 Å². The molecule has 0 bridgehead atoms. The topological polar surface area (TPSA) is 234 Å². The molecule has 0 radical (unpaired) electrons. The lowest BCUT2D eigenvalue weighted by Crippen LogP contribution is -2.60. The molecule has 4 heterocycles. The lowest BCUT2D eigenvalue weighted by Gasteiger charge is -2.40. The summed E-state index contributed by atoms with van der Waals surface area (Å²) >= 11 is 0. The lowest BCUT2D eigenvalue weighted by molar-refractivity contribution is -0.277. The van der Waals surface area contributed by atoms with E-state index in [1.54, 1.807) is 36.4 Å². The fourth-order valence-corrected chi connectivity index (χ4v) is 6.38. The summed E-state index contributed by atoms with van der Waals surface area (Å²) < 4.78 is 35.0. The van der Waals surface area contributed by atoms with Gasteiger partial charge < -0.3 is 69.3 Å². The number of rotatable bonds is 6. The summed E-state index contributed by atoms with van der Waals surface area (Å²) in [7, 11) is 0. The molecule has 7 rings (SSSR count). The molecule has 15 nitrogen and oxygen atoms in total. The molecule has 250 valence electrons.